The summed E-state index contributed by atoms with van der Waals surface area (Å²) >= 11 is 0. The maximum atomic E-state index is 12.4. The second-order valence-electron chi connectivity index (χ2n) is 8.01. The molecule has 1 aliphatic heterocycles. The molecular weight excluding hydrogens is 326 g/mol. The predicted molar refractivity (Wildman–Crippen MR) is 102 cm³/mol. The van der Waals surface area contributed by atoms with Crippen LogP contribution in [-0.4, -0.2) is 34.0 Å². The summed E-state index contributed by atoms with van der Waals surface area (Å²) in [6.45, 7) is 10.0. The third-order valence-corrected chi connectivity index (χ3v) is 4.98. The molecule has 1 aromatic heterocycles. The minimum atomic E-state index is 0.135. The van der Waals surface area contributed by atoms with E-state index in [9.17, 15) is 4.79 Å². The van der Waals surface area contributed by atoms with Gasteiger partial charge in [-0.2, -0.15) is 4.98 Å². The van der Waals surface area contributed by atoms with Crippen molar-refractivity contribution in [2.75, 3.05) is 13.1 Å². The molecule has 1 amide bonds. The lowest BCUT2D eigenvalue weighted by atomic mass is 9.97. The lowest BCUT2D eigenvalue weighted by Crippen LogP contribution is -2.39. The number of nitrogens with zero attached hydrogens (tertiary/aromatic N) is 3. The lowest BCUT2D eigenvalue weighted by Gasteiger charge is -2.31. The Morgan fingerprint density at radius 2 is 1.96 bits per heavy atom. The molecule has 0 aliphatic carbocycles. The van der Waals surface area contributed by atoms with E-state index in [0.29, 0.717) is 36.5 Å². The highest BCUT2D eigenvalue weighted by atomic mass is 16.5. The number of carbonyl (C=O) groups excluding carboxylic acids is 1. The van der Waals surface area contributed by atoms with Crippen molar-refractivity contribution >= 4 is 5.91 Å². The van der Waals surface area contributed by atoms with E-state index in [1.807, 2.05) is 17.0 Å². The summed E-state index contributed by atoms with van der Waals surface area (Å²) in [5.74, 6) is 2.52. The number of piperidine rings is 1. The second-order valence-corrected chi connectivity index (χ2v) is 8.01. The Balaban J connectivity index is 1.69. The van der Waals surface area contributed by atoms with Crippen LogP contribution in [0.5, 0.6) is 0 Å². The molecule has 3 rings (SSSR count). The van der Waals surface area contributed by atoms with Crippen molar-refractivity contribution < 1.29 is 9.32 Å². The van der Waals surface area contributed by atoms with Gasteiger partial charge in [-0.3, -0.25) is 4.79 Å². The molecule has 26 heavy (non-hydrogen) atoms. The van der Waals surface area contributed by atoms with E-state index in [2.05, 4.69) is 50.0 Å². The first-order valence-corrected chi connectivity index (χ1v) is 9.65. The predicted octanol–water partition coefficient (Wildman–Crippen LogP) is 4.61. The highest BCUT2D eigenvalue weighted by Gasteiger charge is 2.28. The summed E-state index contributed by atoms with van der Waals surface area (Å²) in [4.78, 5) is 18.9. The van der Waals surface area contributed by atoms with Crippen LogP contribution in [0.3, 0.4) is 0 Å². The third kappa shape index (κ3) is 4.32. The van der Waals surface area contributed by atoms with E-state index >= 15 is 0 Å². The molecule has 1 aromatic carbocycles. The Kier molecular flexibility index (Phi) is 5.74. The summed E-state index contributed by atoms with van der Waals surface area (Å²) in [5, 5.41) is 4.16. The molecule has 5 heteroatoms. The van der Waals surface area contributed by atoms with Crippen LogP contribution in [-0.2, 0) is 4.79 Å². The fourth-order valence-electron chi connectivity index (χ4n) is 3.42. The van der Waals surface area contributed by atoms with Gasteiger partial charge in [-0.05, 0) is 30.2 Å². The summed E-state index contributed by atoms with van der Waals surface area (Å²) < 4.78 is 5.55. The van der Waals surface area contributed by atoms with Crippen molar-refractivity contribution in [2.45, 2.75) is 58.8 Å². The van der Waals surface area contributed by atoms with Crippen LogP contribution in [0, 0.1) is 5.92 Å². The highest BCUT2D eigenvalue weighted by molar-refractivity contribution is 5.76. The number of benzene rings is 1. The Bertz CT molecular complexity index is 734. The van der Waals surface area contributed by atoms with Gasteiger partial charge in [0.15, 0.2) is 0 Å². The van der Waals surface area contributed by atoms with Gasteiger partial charge in [0.25, 0.3) is 0 Å². The van der Waals surface area contributed by atoms with Crippen LogP contribution in [0.4, 0.5) is 0 Å². The standard InChI is InChI=1S/C21H29N3O2/c1-14(2)12-19(25)24-11-5-6-18(13-24)21-22-20(23-26-21)17-9-7-16(8-10-17)15(3)4/h7-10,14-15,18H,5-6,11-13H2,1-4H3/t18-/m0/s1. The van der Waals surface area contributed by atoms with Gasteiger partial charge in [0.05, 0.1) is 5.92 Å². The molecule has 1 saturated heterocycles. The van der Waals surface area contributed by atoms with E-state index in [4.69, 9.17) is 4.52 Å². The number of likely N-dealkylation sites (tertiary alicyclic amines) is 1. The largest absolute Gasteiger partial charge is 0.342 e. The summed E-state index contributed by atoms with van der Waals surface area (Å²) in [7, 11) is 0. The van der Waals surface area contributed by atoms with Crippen molar-refractivity contribution in [3.63, 3.8) is 0 Å². The van der Waals surface area contributed by atoms with E-state index < -0.39 is 0 Å². The molecular formula is C21H29N3O2. The molecule has 5 nitrogen and oxygen atoms in total. The van der Waals surface area contributed by atoms with Crippen LogP contribution >= 0.6 is 0 Å². The van der Waals surface area contributed by atoms with Gasteiger partial charge in [0.2, 0.25) is 17.6 Å². The number of hydrogen-bond donors (Lipinski definition) is 0. The molecule has 0 unspecified atom stereocenters. The maximum Gasteiger partial charge on any atom is 0.231 e. The summed E-state index contributed by atoms with van der Waals surface area (Å²) in [6, 6.07) is 8.32. The molecule has 0 radical (unpaired) electrons. The van der Waals surface area contributed by atoms with Gasteiger partial charge >= 0.3 is 0 Å². The monoisotopic (exact) mass is 355 g/mol. The minimum absolute atomic E-state index is 0.135. The Morgan fingerprint density at radius 3 is 2.62 bits per heavy atom. The number of hydrogen-bond acceptors (Lipinski definition) is 4. The quantitative estimate of drug-likeness (QED) is 0.786. The van der Waals surface area contributed by atoms with E-state index in [1.165, 1.54) is 5.56 Å². The summed E-state index contributed by atoms with van der Waals surface area (Å²) in [5.41, 5.74) is 2.26. The fraction of sp³-hybridized carbons (Fsp3) is 0.571. The number of aromatic nitrogens is 2. The summed E-state index contributed by atoms with van der Waals surface area (Å²) in [6.07, 6.45) is 2.57. The van der Waals surface area contributed by atoms with Crippen LogP contribution in [0.1, 0.15) is 70.2 Å². The smallest absolute Gasteiger partial charge is 0.231 e. The molecule has 1 atom stereocenters. The molecule has 0 saturated carbocycles. The Hall–Kier alpha value is -2.17. The van der Waals surface area contributed by atoms with Crippen molar-refractivity contribution in [2.24, 2.45) is 5.92 Å². The van der Waals surface area contributed by atoms with Crippen LogP contribution in [0.2, 0.25) is 0 Å². The van der Waals surface area contributed by atoms with Crippen molar-refractivity contribution in [1.29, 1.82) is 0 Å². The molecule has 0 N–H and O–H groups in total. The first-order valence-electron chi connectivity index (χ1n) is 9.65. The van der Waals surface area contributed by atoms with Gasteiger partial charge < -0.3 is 9.42 Å². The van der Waals surface area contributed by atoms with Gasteiger partial charge in [0.1, 0.15) is 0 Å². The number of rotatable bonds is 5. The Morgan fingerprint density at radius 1 is 1.23 bits per heavy atom. The third-order valence-electron chi connectivity index (χ3n) is 4.98. The topological polar surface area (TPSA) is 59.2 Å². The second kappa shape index (κ2) is 8.02. The Labute approximate surface area is 155 Å². The lowest BCUT2D eigenvalue weighted by molar-refractivity contribution is -0.133. The zero-order valence-corrected chi connectivity index (χ0v) is 16.2. The van der Waals surface area contributed by atoms with Crippen molar-refractivity contribution in [3.8, 4) is 11.4 Å². The average molecular weight is 355 g/mol. The fourth-order valence-corrected chi connectivity index (χ4v) is 3.42. The van der Waals surface area contributed by atoms with Gasteiger partial charge in [-0.25, -0.2) is 0 Å². The molecule has 2 heterocycles. The van der Waals surface area contributed by atoms with E-state index in [-0.39, 0.29) is 11.8 Å². The van der Waals surface area contributed by atoms with E-state index in [0.717, 1.165) is 24.9 Å². The molecule has 0 bridgehead atoms. The molecule has 2 aromatic rings. The van der Waals surface area contributed by atoms with Crippen LogP contribution < -0.4 is 0 Å². The SMILES string of the molecule is CC(C)CC(=O)N1CCC[C@H](c2nc(-c3ccc(C(C)C)cc3)no2)C1. The maximum absolute atomic E-state index is 12.4. The minimum Gasteiger partial charge on any atom is -0.342 e. The average Bonchev–Trinajstić information content (AvgIpc) is 3.11. The van der Waals surface area contributed by atoms with Crippen molar-refractivity contribution in [3.05, 3.63) is 35.7 Å². The first kappa shape index (κ1) is 18.6. The first-order chi connectivity index (χ1) is 12.4. The van der Waals surface area contributed by atoms with Gasteiger partial charge in [-0.15, -0.1) is 0 Å². The highest BCUT2D eigenvalue weighted by Crippen LogP contribution is 2.28. The van der Waals surface area contributed by atoms with Crippen LogP contribution in [0.25, 0.3) is 11.4 Å². The molecule has 1 fully saturated rings. The molecule has 1 aliphatic rings. The van der Waals surface area contributed by atoms with E-state index in [1.54, 1.807) is 0 Å². The van der Waals surface area contributed by atoms with Crippen molar-refractivity contribution in [1.82, 2.24) is 15.0 Å². The normalized spacial score (nSPS) is 17.9. The van der Waals surface area contributed by atoms with Gasteiger partial charge in [-0.1, -0.05) is 57.1 Å². The number of carbonyl (C=O) groups is 1. The molecule has 0 spiro atoms. The zero-order valence-electron chi connectivity index (χ0n) is 16.2. The van der Waals surface area contributed by atoms with Gasteiger partial charge in [0, 0.05) is 25.1 Å². The molecule has 140 valence electrons. The number of amides is 1. The zero-order chi connectivity index (χ0) is 18.7. The van der Waals surface area contributed by atoms with Crippen LogP contribution in [0.15, 0.2) is 28.8 Å².